The molecule has 5 rings (SSSR count). The van der Waals surface area contributed by atoms with Gasteiger partial charge in [0.15, 0.2) is 0 Å². The van der Waals surface area contributed by atoms with Gasteiger partial charge in [-0.3, -0.25) is 9.59 Å². The Labute approximate surface area is 195 Å². The number of aromatic amines is 1. The molecule has 174 valence electrons. The van der Waals surface area contributed by atoms with E-state index in [1.807, 2.05) is 19.0 Å². The average molecular weight is 461 g/mol. The van der Waals surface area contributed by atoms with Crippen LogP contribution in [0.3, 0.4) is 0 Å². The van der Waals surface area contributed by atoms with Crippen LogP contribution < -0.4 is 5.56 Å². The molecule has 0 bridgehead atoms. The Morgan fingerprint density at radius 3 is 2.71 bits per heavy atom. The number of H-pyrrole nitrogens is 1. The topological polar surface area (TPSA) is 87.1 Å². The number of halogens is 1. The van der Waals surface area contributed by atoms with Crippen molar-refractivity contribution in [2.24, 2.45) is 0 Å². The van der Waals surface area contributed by atoms with E-state index in [1.165, 1.54) is 18.2 Å². The number of benzene rings is 2. The molecule has 4 aromatic rings. The molecule has 1 amide bonds. The van der Waals surface area contributed by atoms with Crippen LogP contribution in [0.25, 0.3) is 27.8 Å². The first kappa shape index (κ1) is 22.0. The second-order valence-corrected chi connectivity index (χ2v) is 8.85. The SMILES string of the molecule is CN(C)[C@H]1CCCN(C(=O)c2ccc(-n3cc(-c4cc5cc(F)ccc5[nH]c4=O)nn3)cc2)C1. The number of amides is 1. The minimum absolute atomic E-state index is 0.0207. The molecule has 3 heterocycles. The van der Waals surface area contributed by atoms with Crippen LogP contribution in [-0.2, 0) is 0 Å². The summed E-state index contributed by atoms with van der Waals surface area (Å²) < 4.78 is 15.1. The summed E-state index contributed by atoms with van der Waals surface area (Å²) in [6.45, 7) is 1.49. The summed E-state index contributed by atoms with van der Waals surface area (Å²) in [7, 11) is 4.09. The molecule has 1 atom stereocenters. The lowest BCUT2D eigenvalue weighted by atomic mass is 10.0. The molecule has 2 aromatic carbocycles. The Hall–Kier alpha value is -3.85. The number of likely N-dealkylation sites (tertiary alicyclic amines) is 1. The number of aromatic nitrogens is 4. The van der Waals surface area contributed by atoms with Gasteiger partial charge in [-0.05, 0) is 75.5 Å². The van der Waals surface area contributed by atoms with Crippen LogP contribution in [-0.4, -0.2) is 68.9 Å². The molecule has 2 aromatic heterocycles. The van der Waals surface area contributed by atoms with Gasteiger partial charge < -0.3 is 14.8 Å². The maximum atomic E-state index is 13.6. The highest BCUT2D eigenvalue weighted by Gasteiger charge is 2.25. The third-order valence-electron chi connectivity index (χ3n) is 6.37. The van der Waals surface area contributed by atoms with Gasteiger partial charge in [0.25, 0.3) is 11.5 Å². The van der Waals surface area contributed by atoms with Gasteiger partial charge in [0.05, 0.1) is 17.4 Å². The van der Waals surface area contributed by atoms with Crippen molar-refractivity contribution in [3.63, 3.8) is 0 Å². The fourth-order valence-electron chi connectivity index (χ4n) is 4.38. The number of nitrogens with one attached hydrogen (secondary N) is 1. The van der Waals surface area contributed by atoms with E-state index in [2.05, 4.69) is 20.2 Å². The zero-order chi connectivity index (χ0) is 23.8. The fraction of sp³-hybridized carbons (Fsp3) is 0.280. The van der Waals surface area contributed by atoms with E-state index < -0.39 is 0 Å². The van der Waals surface area contributed by atoms with Crippen LogP contribution in [0.2, 0.25) is 0 Å². The Morgan fingerprint density at radius 1 is 1.15 bits per heavy atom. The highest BCUT2D eigenvalue weighted by Crippen LogP contribution is 2.21. The number of likely N-dealkylation sites (N-methyl/N-ethyl adjacent to an activating group) is 1. The summed E-state index contributed by atoms with van der Waals surface area (Å²) in [5, 5.41) is 8.83. The fourth-order valence-corrected chi connectivity index (χ4v) is 4.38. The summed E-state index contributed by atoms with van der Waals surface area (Å²) in [5.41, 5.74) is 2.23. The van der Waals surface area contributed by atoms with Crippen LogP contribution in [0, 0.1) is 5.82 Å². The Kier molecular flexibility index (Phi) is 5.70. The monoisotopic (exact) mass is 460 g/mol. The van der Waals surface area contributed by atoms with Crippen molar-refractivity contribution in [1.29, 1.82) is 0 Å². The smallest absolute Gasteiger partial charge is 0.258 e. The number of pyridine rings is 1. The van der Waals surface area contributed by atoms with Gasteiger partial charge in [-0.1, -0.05) is 5.21 Å². The molecule has 1 aliphatic heterocycles. The van der Waals surface area contributed by atoms with E-state index in [-0.39, 0.29) is 17.3 Å². The van der Waals surface area contributed by atoms with Crippen molar-refractivity contribution in [3.05, 3.63) is 76.5 Å². The van der Waals surface area contributed by atoms with E-state index in [0.29, 0.717) is 39.5 Å². The van der Waals surface area contributed by atoms with Crippen molar-refractivity contribution in [1.82, 2.24) is 29.8 Å². The highest BCUT2D eigenvalue weighted by molar-refractivity contribution is 5.94. The summed E-state index contributed by atoms with van der Waals surface area (Å²) >= 11 is 0. The first-order valence-electron chi connectivity index (χ1n) is 11.2. The predicted molar refractivity (Wildman–Crippen MR) is 127 cm³/mol. The highest BCUT2D eigenvalue weighted by atomic mass is 19.1. The van der Waals surface area contributed by atoms with Crippen molar-refractivity contribution in [3.8, 4) is 16.9 Å². The van der Waals surface area contributed by atoms with E-state index in [1.54, 1.807) is 41.2 Å². The minimum atomic E-state index is -0.384. The molecule has 1 N–H and O–H groups in total. The zero-order valence-corrected chi connectivity index (χ0v) is 19.0. The molecule has 1 aliphatic rings. The molecule has 1 saturated heterocycles. The van der Waals surface area contributed by atoms with Gasteiger partial charge in [0.2, 0.25) is 0 Å². The van der Waals surface area contributed by atoms with Crippen molar-refractivity contribution >= 4 is 16.8 Å². The second kappa shape index (κ2) is 8.83. The van der Waals surface area contributed by atoms with Gasteiger partial charge in [-0.15, -0.1) is 5.10 Å². The van der Waals surface area contributed by atoms with Gasteiger partial charge in [-0.25, -0.2) is 9.07 Å². The molecule has 0 unspecified atom stereocenters. The number of carbonyl (C=O) groups is 1. The van der Waals surface area contributed by atoms with Gasteiger partial charge in [-0.2, -0.15) is 0 Å². The van der Waals surface area contributed by atoms with Crippen LogP contribution in [0.15, 0.2) is 59.5 Å². The number of hydrogen-bond donors (Lipinski definition) is 1. The first-order valence-corrected chi connectivity index (χ1v) is 11.2. The molecule has 0 radical (unpaired) electrons. The molecule has 34 heavy (non-hydrogen) atoms. The number of piperidine rings is 1. The standard InChI is InChI=1S/C25H25FN6O2/c1-30(2)20-4-3-11-31(14-20)25(34)16-5-8-19(9-6-16)32-15-23(28-29-32)21-13-17-12-18(26)7-10-22(17)27-24(21)33/h5-10,12-13,15,20H,3-4,11,14H2,1-2H3,(H,27,33)/t20-/m0/s1. The number of hydrogen-bond acceptors (Lipinski definition) is 5. The largest absolute Gasteiger partial charge is 0.337 e. The molecule has 0 aliphatic carbocycles. The van der Waals surface area contributed by atoms with Crippen molar-refractivity contribution in [2.75, 3.05) is 27.2 Å². The van der Waals surface area contributed by atoms with Crippen LogP contribution in [0.5, 0.6) is 0 Å². The van der Waals surface area contributed by atoms with Gasteiger partial charge >= 0.3 is 0 Å². The molecule has 8 nitrogen and oxygen atoms in total. The van der Waals surface area contributed by atoms with Crippen LogP contribution in [0.1, 0.15) is 23.2 Å². The van der Waals surface area contributed by atoms with Crippen LogP contribution >= 0.6 is 0 Å². The third-order valence-corrected chi connectivity index (χ3v) is 6.37. The molecule has 0 spiro atoms. The Bertz CT molecular complexity index is 1410. The molecule has 0 saturated carbocycles. The predicted octanol–water partition coefficient (Wildman–Crippen LogP) is 3.08. The number of carbonyl (C=O) groups excluding carboxylic acids is 1. The summed E-state index contributed by atoms with van der Waals surface area (Å²) in [6.07, 6.45) is 3.73. The van der Waals surface area contributed by atoms with E-state index >= 15 is 0 Å². The first-order chi connectivity index (χ1) is 16.4. The van der Waals surface area contributed by atoms with E-state index in [9.17, 15) is 14.0 Å². The maximum Gasteiger partial charge on any atom is 0.258 e. The Balaban J connectivity index is 1.37. The quantitative estimate of drug-likeness (QED) is 0.506. The normalized spacial score (nSPS) is 16.4. The van der Waals surface area contributed by atoms with Crippen molar-refractivity contribution in [2.45, 2.75) is 18.9 Å². The third kappa shape index (κ3) is 4.22. The van der Waals surface area contributed by atoms with E-state index in [4.69, 9.17) is 0 Å². The molecular weight excluding hydrogens is 435 g/mol. The molecule has 1 fully saturated rings. The number of rotatable bonds is 4. The molecule has 9 heteroatoms. The average Bonchev–Trinajstić information content (AvgIpc) is 3.33. The van der Waals surface area contributed by atoms with Crippen molar-refractivity contribution < 1.29 is 9.18 Å². The van der Waals surface area contributed by atoms with Gasteiger partial charge in [0, 0.05) is 35.6 Å². The van der Waals surface area contributed by atoms with E-state index in [0.717, 1.165) is 25.9 Å². The number of nitrogens with zero attached hydrogens (tertiary/aromatic N) is 5. The second-order valence-electron chi connectivity index (χ2n) is 8.85. The van der Waals surface area contributed by atoms with Gasteiger partial charge in [0.1, 0.15) is 11.5 Å². The maximum absolute atomic E-state index is 13.6. The number of fused-ring (bicyclic) bond motifs is 1. The Morgan fingerprint density at radius 2 is 1.94 bits per heavy atom. The lowest BCUT2D eigenvalue weighted by molar-refractivity contribution is 0.0635. The summed E-state index contributed by atoms with van der Waals surface area (Å²) in [6, 6.07) is 13.3. The summed E-state index contributed by atoms with van der Waals surface area (Å²) in [4.78, 5) is 32.3. The van der Waals surface area contributed by atoms with Crippen LogP contribution in [0.4, 0.5) is 4.39 Å². The lowest BCUT2D eigenvalue weighted by Gasteiger charge is -2.36. The lowest BCUT2D eigenvalue weighted by Crippen LogP contribution is -2.47. The molecular formula is C25H25FN6O2. The zero-order valence-electron chi connectivity index (χ0n) is 19.0. The minimum Gasteiger partial charge on any atom is -0.337 e. The summed E-state index contributed by atoms with van der Waals surface area (Å²) in [5.74, 6) is -0.363.